The van der Waals surface area contributed by atoms with Crippen molar-refractivity contribution in [2.75, 3.05) is 0 Å². The third-order valence-corrected chi connectivity index (χ3v) is 1.15. The molecule has 0 aliphatic carbocycles. The van der Waals surface area contributed by atoms with Crippen molar-refractivity contribution in [1.29, 1.82) is 0 Å². The van der Waals surface area contributed by atoms with Crippen LogP contribution in [0.2, 0.25) is 0 Å². The number of pyridine rings is 1. The highest BCUT2D eigenvalue weighted by molar-refractivity contribution is 5.71. The van der Waals surface area contributed by atoms with Crippen LogP contribution >= 0.6 is 0 Å². The van der Waals surface area contributed by atoms with Gasteiger partial charge in [0, 0.05) is 12.6 Å². The fraction of sp³-hybridized carbons (Fsp3) is 0.250. The zero-order valence-electron chi connectivity index (χ0n) is 6.28. The molecule has 0 atom stereocenters. The topological polar surface area (TPSA) is 39.2 Å². The lowest BCUT2D eigenvalue weighted by Gasteiger charge is -1.99. The normalized spacial score (nSPS) is 9.18. The van der Waals surface area contributed by atoms with Crippen LogP contribution in [-0.2, 0) is 4.79 Å². The molecule has 0 fully saturated rings. The van der Waals surface area contributed by atoms with Gasteiger partial charge in [0.15, 0.2) is 0 Å². The van der Waals surface area contributed by atoms with Gasteiger partial charge in [-0.05, 0) is 12.1 Å². The summed E-state index contributed by atoms with van der Waals surface area (Å²) in [5.74, 6) is 0.261. The first-order chi connectivity index (χ1) is 5.33. The molecule has 3 nitrogen and oxygen atoms in total. The van der Waals surface area contributed by atoms with E-state index in [1.807, 2.05) is 0 Å². The molecule has 0 radical (unpaired) electrons. The quantitative estimate of drug-likeness (QED) is 0.599. The van der Waals surface area contributed by atoms with Crippen molar-refractivity contribution in [2.24, 2.45) is 0 Å². The van der Waals surface area contributed by atoms with E-state index in [4.69, 9.17) is 4.74 Å². The largest absolute Gasteiger partial charge is 0.425 e. The second-order valence-electron chi connectivity index (χ2n) is 2.02. The highest BCUT2D eigenvalue weighted by Gasteiger charge is 1.98. The van der Waals surface area contributed by atoms with Gasteiger partial charge in [0.05, 0.1) is 6.20 Å². The molecule has 0 saturated carbocycles. The Morgan fingerprint density at radius 2 is 2.55 bits per heavy atom. The molecule has 0 N–H and O–H groups in total. The Morgan fingerprint density at radius 1 is 1.73 bits per heavy atom. The summed E-state index contributed by atoms with van der Waals surface area (Å²) in [6.45, 7) is 1.75. The number of rotatable bonds is 2. The number of carbonyl (C=O) groups is 1. The van der Waals surface area contributed by atoms with E-state index in [0.717, 1.165) is 0 Å². The van der Waals surface area contributed by atoms with Crippen molar-refractivity contribution < 1.29 is 9.53 Å². The Kier molecular flexibility index (Phi) is 2.60. The molecule has 0 unspecified atom stereocenters. The van der Waals surface area contributed by atoms with Gasteiger partial charge in [-0.15, -0.1) is 0 Å². The summed E-state index contributed by atoms with van der Waals surface area (Å²) in [5.41, 5.74) is 0. The molecule has 0 aliphatic rings. The Labute approximate surface area is 65.0 Å². The second-order valence-corrected chi connectivity index (χ2v) is 2.02. The van der Waals surface area contributed by atoms with Crippen molar-refractivity contribution in [1.82, 2.24) is 4.98 Å². The van der Waals surface area contributed by atoms with Crippen LogP contribution in [0.15, 0.2) is 24.5 Å². The maximum absolute atomic E-state index is 10.7. The van der Waals surface area contributed by atoms with E-state index in [1.165, 1.54) is 6.20 Å². The lowest BCUT2D eigenvalue weighted by Crippen LogP contribution is -2.05. The first-order valence-corrected chi connectivity index (χ1v) is 3.43. The number of esters is 1. The molecule has 0 aromatic carbocycles. The first-order valence-electron chi connectivity index (χ1n) is 3.43. The van der Waals surface area contributed by atoms with Gasteiger partial charge >= 0.3 is 5.97 Å². The van der Waals surface area contributed by atoms with E-state index in [-0.39, 0.29) is 5.97 Å². The minimum absolute atomic E-state index is 0.238. The van der Waals surface area contributed by atoms with Gasteiger partial charge in [-0.3, -0.25) is 9.78 Å². The average Bonchev–Trinajstić information content (AvgIpc) is 2.06. The Morgan fingerprint density at radius 3 is 3.09 bits per heavy atom. The number of hydrogen-bond acceptors (Lipinski definition) is 3. The van der Waals surface area contributed by atoms with Crippen LogP contribution in [0, 0.1) is 0 Å². The van der Waals surface area contributed by atoms with Gasteiger partial charge in [-0.1, -0.05) is 6.92 Å². The van der Waals surface area contributed by atoms with E-state index in [1.54, 1.807) is 25.3 Å². The Balaban J connectivity index is 2.58. The summed E-state index contributed by atoms with van der Waals surface area (Å²) in [5, 5.41) is 0. The standard InChI is InChI=1S/C8H9NO2/c1-2-8(10)11-7-4-3-5-9-6-7/h3-6H,2H2,1H3. The van der Waals surface area contributed by atoms with Gasteiger partial charge in [-0.25, -0.2) is 0 Å². The molecular weight excluding hydrogens is 142 g/mol. The van der Waals surface area contributed by atoms with Crippen molar-refractivity contribution >= 4 is 5.97 Å². The van der Waals surface area contributed by atoms with Gasteiger partial charge in [-0.2, -0.15) is 0 Å². The number of ether oxygens (including phenoxy) is 1. The van der Waals surface area contributed by atoms with Crippen LogP contribution in [0.5, 0.6) is 5.75 Å². The molecule has 11 heavy (non-hydrogen) atoms. The van der Waals surface area contributed by atoms with Crippen molar-refractivity contribution in [3.05, 3.63) is 24.5 Å². The third-order valence-electron chi connectivity index (χ3n) is 1.15. The van der Waals surface area contributed by atoms with Crippen LogP contribution in [-0.4, -0.2) is 11.0 Å². The predicted molar refractivity (Wildman–Crippen MR) is 40.2 cm³/mol. The smallest absolute Gasteiger partial charge is 0.310 e. The Hall–Kier alpha value is -1.38. The maximum atomic E-state index is 10.7. The van der Waals surface area contributed by atoms with Crippen molar-refractivity contribution in [3.8, 4) is 5.75 Å². The van der Waals surface area contributed by atoms with E-state index < -0.39 is 0 Å². The minimum atomic E-state index is -0.238. The zero-order chi connectivity index (χ0) is 8.10. The van der Waals surface area contributed by atoms with E-state index in [0.29, 0.717) is 12.2 Å². The van der Waals surface area contributed by atoms with Gasteiger partial charge in [0.1, 0.15) is 5.75 Å². The molecular formula is C8H9NO2. The maximum Gasteiger partial charge on any atom is 0.310 e. The van der Waals surface area contributed by atoms with Gasteiger partial charge < -0.3 is 4.74 Å². The van der Waals surface area contributed by atoms with Crippen LogP contribution in [0.4, 0.5) is 0 Å². The molecule has 1 rings (SSSR count). The second kappa shape index (κ2) is 3.71. The van der Waals surface area contributed by atoms with Crippen molar-refractivity contribution in [2.45, 2.75) is 13.3 Å². The molecule has 0 amide bonds. The van der Waals surface area contributed by atoms with Crippen molar-refractivity contribution in [3.63, 3.8) is 0 Å². The molecule has 58 valence electrons. The fourth-order valence-corrected chi connectivity index (χ4v) is 0.611. The lowest BCUT2D eigenvalue weighted by molar-refractivity contribution is -0.134. The summed E-state index contributed by atoms with van der Waals surface area (Å²) in [4.78, 5) is 14.5. The third kappa shape index (κ3) is 2.37. The monoisotopic (exact) mass is 151 g/mol. The highest BCUT2D eigenvalue weighted by Crippen LogP contribution is 2.06. The van der Waals surface area contributed by atoms with Crippen LogP contribution in [0.1, 0.15) is 13.3 Å². The number of carbonyl (C=O) groups excluding carboxylic acids is 1. The lowest BCUT2D eigenvalue weighted by atomic mass is 10.4. The zero-order valence-corrected chi connectivity index (χ0v) is 6.28. The first kappa shape index (κ1) is 7.72. The molecule has 0 bridgehead atoms. The van der Waals surface area contributed by atoms with Gasteiger partial charge in [0.2, 0.25) is 0 Å². The summed E-state index contributed by atoms with van der Waals surface area (Å²) in [6, 6.07) is 3.42. The summed E-state index contributed by atoms with van der Waals surface area (Å²) in [6.07, 6.45) is 3.52. The van der Waals surface area contributed by atoms with E-state index in [2.05, 4.69) is 4.98 Å². The molecule has 1 heterocycles. The fourth-order valence-electron chi connectivity index (χ4n) is 0.611. The number of hydrogen-bond donors (Lipinski definition) is 0. The summed E-state index contributed by atoms with van der Waals surface area (Å²) < 4.78 is 4.86. The van der Waals surface area contributed by atoms with Gasteiger partial charge in [0.25, 0.3) is 0 Å². The molecule has 1 aromatic heterocycles. The Bertz CT molecular complexity index is 233. The highest BCUT2D eigenvalue weighted by atomic mass is 16.5. The van der Waals surface area contributed by atoms with Crippen LogP contribution in [0.3, 0.4) is 0 Å². The molecule has 0 spiro atoms. The van der Waals surface area contributed by atoms with E-state index >= 15 is 0 Å². The van der Waals surface area contributed by atoms with Crippen LogP contribution in [0.25, 0.3) is 0 Å². The van der Waals surface area contributed by atoms with E-state index in [9.17, 15) is 4.79 Å². The summed E-state index contributed by atoms with van der Waals surface area (Å²) >= 11 is 0. The summed E-state index contributed by atoms with van der Waals surface area (Å²) in [7, 11) is 0. The molecule has 1 aromatic rings. The molecule has 0 aliphatic heterocycles. The average molecular weight is 151 g/mol. The minimum Gasteiger partial charge on any atom is -0.425 e. The predicted octanol–water partition coefficient (Wildman–Crippen LogP) is 1.40. The number of nitrogens with zero attached hydrogens (tertiary/aromatic N) is 1. The number of aromatic nitrogens is 1. The SMILES string of the molecule is CCC(=O)Oc1cccnc1. The molecule has 0 saturated heterocycles. The van der Waals surface area contributed by atoms with Crippen LogP contribution < -0.4 is 4.74 Å². The molecule has 3 heteroatoms.